The Morgan fingerprint density at radius 2 is 1.96 bits per heavy atom. The number of amides is 1. The molecule has 1 aromatic heterocycles. The molecule has 1 atom stereocenters. The Morgan fingerprint density at radius 3 is 2.73 bits per heavy atom. The molecule has 0 spiro atoms. The molecule has 2 aromatic carbocycles. The highest BCUT2D eigenvalue weighted by atomic mass is 79.9. The predicted octanol–water partition coefficient (Wildman–Crippen LogP) is 3.77. The van der Waals surface area contributed by atoms with E-state index in [4.69, 9.17) is 0 Å². The van der Waals surface area contributed by atoms with Crippen molar-refractivity contribution in [1.82, 2.24) is 9.97 Å². The fourth-order valence-corrected chi connectivity index (χ4v) is 3.98. The number of carbonyl (C=O) groups is 1. The largest absolute Gasteiger partial charge is 0.310 e. The molecule has 1 aliphatic rings. The summed E-state index contributed by atoms with van der Waals surface area (Å²) < 4.78 is 0.930. The minimum Gasteiger partial charge on any atom is -0.310 e. The van der Waals surface area contributed by atoms with Crippen molar-refractivity contribution in [3.05, 3.63) is 68.7 Å². The maximum absolute atomic E-state index is 13.1. The number of nitrogens with one attached hydrogen (secondary N) is 1. The van der Waals surface area contributed by atoms with Gasteiger partial charge in [-0.2, -0.15) is 0 Å². The van der Waals surface area contributed by atoms with Crippen LogP contribution in [0.2, 0.25) is 0 Å². The van der Waals surface area contributed by atoms with Crippen LogP contribution in [0.3, 0.4) is 0 Å². The Hall–Kier alpha value is -2.47. The number of rotatable bonds is 3. The number of aromatic nitrogens is 2. The summed E-state index contributed by atoms with van der Waals surface area (Å²) in [6, 6.07) is 13.2. The van der Waals surface area contributed by atoms with Gasteiger partial charge in [-0.05, 0) is 49.7 Å². The molecular weight excluding hydrogens is 394 g/mol. The fraction of sp³-hybridized carbons (Fsp3) is 0.250. The van der Waals surface area contributed by atoms with E-state index in [1.807, 2.05) is 55.1 Å². The maximum atomic E-state index is 13.1. The SMILES string of the molecule is CC(C)N1C(=O)[C@H](Cc2nc3ccccc3c(=O)[nH]2)c2cc(Br)ccc21. The molecule has 0 bridgehead atoms. The van der Waals surface area contributed by atoms with E-state index >= 15 is 0 Å². The number of hydrogen-bond acceptors (Lipinski definition) is 3. The van der Waals surface area contributed by atoms with Crippen molar-refractivity contribution in [3.63, 3.8) is 0 Å². The Kier molecular flexibility index (Phi) is 4.15. The molecule has 4 rings (SSSR count). The third-order valence-electron chi connectivity index (χ3n) is 4.74. The van der Waals surface area contributed by atoms with E-state index < -0.39 is 0 Å². The van der Waals surface area contributed by atoms with Crippen molar-refractivity contribution in [3.8, 4) is 0 Å². The maximum Gasteiger partial charge on any atom is 0.258 e. The minimum absolute atomic E-state index is 0.0453. The van der Waals surface area contributed by atoms with E-state index in [0.717, 1.165) is 15.7 Å². The van der Waals surface area contributed by atoms with Crippen LogP contribution in [-0.2, 0) is 11.2 Å². The van der Waals surface area contributed by atoms with E-state index in [-0.39, 0.29) is 23.4 Å². The lowest BCUT2D eigenvalue weighted by atomic mass is 9.97. The van der Waals surface area contributed by atoms with Crippen LogP contribution >= 0.6 is 15.9 Å². The van der Waals surface area contributed by atoms with Crippen LogP contribution < -0.4 is 10.5 Å². The molecular formula is C20H18BrN3O2. The number of H-pyrrole nitrogens is 1. The van der Waals surface area contributed by atoms with Crippen LogP contribution in [0.5, 0.6) is 0 Å². The fourth-order valence-electron chi connectivity index (χ4n) is 3.60. The standard InChI is InChI=1S/C20H18BrN3O2/c1-11(2)24-17-8-7-12(21)9-14(17)15(20(24)26)10-18-22-16-6-4-3-5-13(16)19(25)23-18/h3-9,11,15H,10H2,1-2H3,(H,22,23,25)/t15-/m1/s1. The third kappa shape index (κ3) is 2.74. The zero-order chi connectivity index (χ0) is 18.4. The van der Waals surface area contributed by atoms with Gasteiger partial charge in [0.05, 0.1) is 16.8 Å². The van der Waals surface area contributed by atoms with Crippen molar-refractivity contribution < 1.29 is 4.79 Å². The summed E-state index contributed by atoms with van der Waals surface area (Å²) in [5.41, 5.74) is 2.37. The molecule has 1 N–H and O–H groups in total. The van der Waals surface area contributed by atoms with Gasteiger partial charge in [-0.15, -0.1) is 0 Å². The normalized spacial score (nSPS) is 16.5. The first kappa shape index (κ1) is 17.0. The molecule has 5 nitrogen and oxygen atoms in total. The third-order valence-corrected chi connectivity index (χ3v) is 5.23. The van der Waals surface area contributed by atoms with Gasteiger partial charge >= 0.3 is 0 Å². The van der Waals surface area contributed by atoms with Crippen molar-refractivity contribution in [1.29, 1.82) is 0 Å². The van der Waals surface area contributed by atoms with Gasteiger partial charge in [0, 0.05) is 22.6 Å². The Labute approximate surface area is 159 Å². The molecule has 1 aliphatic heterocycles. The first-order valence-electron chi connectivity index (χ1n) is 8.56. The summed E-state index contributed by atoms with van der Waals surface area (Å²) in [6.45, 7) is 4.00. The van der Waals surface area contributed by atoms with Crippen molar-refractivity contribution in [2.24, 2.45) is 0 Å². The molecule has 0 saturated heterocycles. The molecule has 0 radical (unpaired) electrons. The van der Waals surface area contributed by atoms with Gasteiger partial charge in [-0.25, -0.2) is 4.98 Å². The van der Waals surface area contributed by atoms with Crippen LogP contribution in [0.4, 0.5) is 5.69 Å². The zero-order valence-corrected chi connectivity index (χ0v) is 16.1. The molecule has 0 fully saturated rings. The Balaban J connectivity index is 1.78. The average Bonchev–Trinajstić information content (AvgIpc) is 2.87. The number of anilines is 1. The number of halogens is 1. The highest BCUT2D eigenvalue weighted by Gasteiger charge is 2.39. The zero-order valence-electron chi connectivity index (χ0n) is 14.5. The summed E-state index contributed by atoms with van der Waals surface area (Å²) in [4.78, 5) is 34.6. The first-order chi connectivity index (χ1) is 12.5. The molecule has 6 heteroatoms. The topological polar surface area (TPSA) is 66.1 Å². The molecule has 26 heavy (non-hydrogen) atoms. The number of para-hydroxylation sites is 1. The number of carbonyl (C=O) groups excluding carboxylic acids is 1. The lowest BCUT2D eigenvalue weighted by molar-refractivity contribution is -0.119. The number of fused-ring (bicyclic) bond motifs is 2. The quantitative estimate of drug-likeness (QED) is 0.713. The second-order valence-electron chi connectivity index (χ2n) is 6.79. The van der Waals surface area contributed by atoms with E-state index in [1.165, 1.54) is 0 Å². The summed E-state index contributed by atoms with van der Waals surface area (Å²) in [6.07, 6.45) is 0.367. The summed E-state index contributed by atoms with van der Waals surface area (Å²) in [5.74, 6) is 0.224. The van der Waals surface area contributed by atoms with Crippen molar-refractivity contribution >= 4 is 38.4 Å². The second kappa shape index (κ2) is 6.36. The number of benzene rings is 2. The second-order valence-corrected chi connectivity index (χ2v) is 7.71. The highest BCUT2D eigenvalue weighted by Crippen LogP contribution is 2.41. The van der Waals surface area contributed by atoms with Gasteiger partial charge in [0.1, 0.15) is 5.82 Å². The molecule has 3 aromatic rings. The van der Waals surface area contributed by atoms with Crippen LogP contribution in [0, 0.1) is 0 Å². The molecule has 0 saturated carbocycles. The Bertz CT molecular complexity index is 1070. The molecule has 0 unspecified atom stereocenters. The first-order valence-corrected chi connectivity index (χ1v) is 9.35. The van der Waals surface area contributed by atoms with Gasteiger partial charge in [0.2, 0.25) is 5.91 Å². The summed E-state index contributed by atoms with van der Waals surface area (Å²) >= 11 is 3.50. The van der Waals surface area contributed by atoms with Gasteiger partial charge < -0.3 is 9.88 Å². The lowest BCUT2D eigenvalue weighted by Crippen LogP contribution is -2.35. The van der Waals surface area contributed by atoms with E-state index in [9.17, 15) is 9.59 Å². The highest BCUT2D eigenvalue weighted by molar-refractivity contribution is 9.10. The molecule has 1 amide bonds. The van der Waals surface area contributed by atoms with Gasteiger partial charge in [0.15, 0.2) is 0 Å². The van der Waals surface area contributed by atoms with E-state index in [2.05, 4.69) is 25.9 Å². The van der Waals surface area contributed by atoms with Crippen LogP contribution in [0.15, 0.2) is 51.7 Å². The smallest absolute Gasteiger partial charge is 0.258 e. The van der Waals surface area contributed by atoms with Gasteiger partial charge in [-0.3, -0.25) is 9.59 Å². The number of hydrogen-bond donors (Lipinski definition) is 1. The minimum atomic E-state index is -0.353. The van der Waals surface area contributed by atoms with Crippen LogP contribution in [0.1, 0.15) is 31.2 Å². The van der Waals surface area contributed by atoms with Crippen molar-refractivity contribution in [2.75, 3.05) is 4.90 Å². The lowest BCUT2D eigenvalue weighted by Gasteiger charge is -2.22. The van der Waals surface area contributed by atoms with Crippen molar-refractivity contribution in [2.45, 2.75) is 32.2 Å². The van der Waals surface area contributed by atoms with E-state index in [0.29, 0.717) is 23.1 Å². The van der Waals surface area contributed by atoms with E-state index in [1.54, 1.807) is 6.07 Å². The molecule has 0 aliphatic carbocycles. The summed E-state index contributed by atoms with van der Waals surface area (Å²) in [5, 5.41) is 0.556. The molecule has 2 heterocycles. The van der Waals surface area contributed by atoms with Crippen LogP contribution in [0.25, 0.3) is 10.9 Å². The number of nitrogens with zero attached hydrogens (tertiary/aromatic N) is 2. The van der Waals surface area contributed by atoms with Crippen LogP contribution in [-0.4, -0.2) is 21.9 Å². The van der Waals surface area contributed by atoms with Gasteiger partial charge in [0.25, 0.3) is 5.56 Å². The van der Waals surface area contributed by atoms with Gasteiger partial charge in [-0.1, -0.05) is 28.1 Å². The summed E-state index contributed by atoms with van der Waals surface area (Å²) in [7, 11) is 0. The number of aromatic amines is 1. The molecule has 132 valence electrons. The monoisotopic (exact) mass is 411 g/mol. The predicted molar refractivity (Wildman–Crippen MR) is 106 cm³/mol. The average molecular weight is 412 g/mol. The Morgan fingerprint density at radius 1 is 1.19 bits per heavy atom.